The van der Waals surface area contributed by atoms with Gasteiger partial charge >= 0.3 is 0 Å². The quantitative estimate of drug-likeness (QED) is 0.796. The van der Waals surface area contributed by atoms with E-state index in [2.05, 4.69) is 40.8 Å². The number of nitrogens with zero attached hydrogens (tertiary/aromatic N) is 4. The van der Waals surface area contributed by atoms with Gasteiger partial charge in [0.05, 0.1) is 12.7 Å². The maximum absolute atomic E-state index is 5.78. The molecule has 1 aromatic heterocycles. The fourth-order valence-corrected chi connectivity index (χ4v) is 2.27. The van der Waals surface area contributed by atoms with Gasteiger partial charge in [0.1, 0.15) is 12.1 Å². The minimum Gasteiger partial charge on any atom is -0.373 e. The highest BCUT2D eigenvalue weighted by Gasteiger charge is 2.23. The molecule has 2 heterocycles. The van der Waals surface area contributed by atoms with Crippen LogP contribution >= 0.6 is 0 Å². The van der Waals surface area contributed by atoms with Gasteiger partial charge in [0.25, 0.3) is 0 Å². The van der Waals surface area contributed by atoms with Crippen molar-refractivity contribution >= 4 is 5.82 Å². The molecule has 0 saturated carbocycles. The smallest absolute Gasteiger partial charge is 0.135 e. The first-order valence-corrected chi connectivity index (χ1v) is 6.37. The monoisotopic (exact) mass is 250 g/mol. The number of ether oxygens (including phenoxy) is 1. The van der Waals surface area contributed by atoms with Crippen molar-refractivity contribution in [2.45, 2.75) is 20.0 Å². The molecule has 0 N–H and O–H groups in total. The second-order valence-corrected chi connectivity index (χ2v) is 5.11. The van der Waals surface area contributed by atoms with Crippen LogP contribution in [0.1, 0.15) is 11.3 Å². The Labute approximate surface area is 109 Å². The van der Waals surface area contributed by atoms with E-state index in [1.807, 2.05) is 6.92 Å². The molecule has 5 heteroatoms. The Morgan fingerprint density at radius 1 is 1.39 bits per heavy atom. The summed E-state index contributed by atoms with van der Waals surface area (Å²) in [5.41, 5.74) is 2.22. The van der Waals surface area contributed by atoms with E-state index < -0.39 is 0 Å². The number of morpholine rings is 1. The lowest BCUT2D eigenvalue weighted by Gasteiger charge is -2.35. The summed E-state index contributed by atoms with van der Waals surface area (Å²) in [6, 6.07) is 0. The molecular formula is C13H22N4O. The first-order valence-electron chi connectivity index (χ1n) is 6.37. The molecule has 0 bridgehead atoms. The highest BCUT2D eigenvalue weighted by atomic mass is 16.5. The molecular weight excluding hydrogens is 228 g/mol. The van der Waals surface area contributed by atoms with Gasteiger partial charge in [-0.2, -0.15) is 0 Å². The van der Waals surface area contributed by atoms with E-state index in [1.54, 1.807) is 6.33 Å². The SMILES string of the molecule is Cc1ncnc(N2CCO[C@H](CN(C)C)C2)c1C. The Balaban J connectivity index is 2.11. The molecule has 0 amide bonds. The molecule has 1 aliphatic rings. The van der Waals surface area contributed by atoms with E-state index in [9.17, 15) is 0 Å². The van der Waals surface area contributed by atoms with Gasteiger partial charge in [0, 0.05) is 30.9 Å². The van der Waals surface area contributed by atoms with Crippen molar-refractivity contribution in [2.24, 2.45) is 0 Å². The third-order valence-electron chi connectivity index (χ3n) is 3.32. The highest BCUT2D eigenvalue weighted by Crippen LogP contribution is 2.20. The lowest BCUT2D eigenvalue weighted by atomic mass is 10.2. The minimum absolute atomic E-state index is 0.253. The third-order valence-corrected chi connectivity index (χ3v) is 3.32. The van der Waals surface area contributed by atoms with E-state index in [-0.39, 0.29) is 6.10 Å². The third kappa shape index (κ3) is 2.97. The molecule has 100 valence electrons. The van der Waals surface area contributed by atoms with Gasteiger partial charge < -0.3 is 14.5 Å². The summed E-state index contributed by atoms with van der Waals surface area (Å²) in [6.45, 7) is 7.62. The Kier molecular flexibility index (Phi) is 4.14. The summed E-state index contributed by atoms with van der Waals surface area (Å²) >= 11 is 0. The number of rotatable bonds is 3. The second kappa shape index (κ2) is 5.63. The molecule has 0 aromatic carbocycles. The van der Waals surface area contributed by atoms with Gasteiger partial charge in [-0.15, -0.1) is 0 Å². The van der Waals surface area contributed by atoms with Gasteiger partial charge in [-0.05, 0) is 27.9 Å². The summed E-state index contributed by atoms with van der Waals surface area (Å²) in [5, 5.41) is 0. The summed E-state index contributed by atoms with van der Waals surface area (Å²) in [6.07, 6.45) is 1.90. The molecule has 0 unspecified atom stereocenters. The number of hydrogen-bond donors (Lipinski definition) is 0. The maximum Gasteiger partial charge on any atom is 0.135 e. The zero-order chi connectivity index (χ0) is 13.1. The fourth-order valence-electron chi connectivity index (χ4n) is 2.27. The Bertz CT molecular complexity index is 408. The van der Waals surface area contributed by atoms with Crippen LogP contribution in [0.2, 0.25) is 0 Å². The van der Waals surface area contributed by atoms with Gasteiger partial charge in [-0.3, -0.25) is 0 Å². The van der Waals surface area contributed by atoms with Crippen molar-refractivity contribution in [1.29, 1.82) is 0 Å². The number of likely N-dealkylation sites (N-methyl/N-ethyl adjacent to an activating group) is 1. The van der Waals surface area contributed by atoms with Crippen LogP contribution < -0.4 is 4.90 Å². The van der Waals surface area contributed by atoms with Gasteiger partial charge in [-0.25, -0.2) is 9.97 Å². The first-order chi connectivity index (χ1) is 8.58. The molecule has 0 aliphatic carbocycles. The second-order valence-electron chi connectivity index (χ2n) is 5.11. The van der Waals surface area contributed by atoms with Gasteiger partial charge in [-0.1, -0.05) is 0 Å². The lowest BCUT2D eigenvalue weighted by Crippen LogP contribution is -2.47. The predicted molar refractivity (Wildman–Crippen MR) is 72.0 cm³/mol. The summed E-state index contributed by atoms with van der Waals surface area (Å²) in [4.78, 5) is 13.1. The van der Waals surface area contributed by atoms with E-state index in [0.29, 0.717) is 0 Å². The number of anilines is 1. The van der Waals surface area contributed by atoms with Crippen molar-refractivity contribution in [2.75, 3.05) is 45.2 Å². The molecule has 0 radical (unpaired) electrons. The fraction of sp³-hybridized carbons (Fsp3) is 0.692. The van der Waals surface area contributed by atoms with Crippen molar-refractivity contribution in [3.63, 3.8) is 0 Å². The van der Waals surface area contributed by atoms with E-state index in [1.165, 1.54) is 5.56 Å². The van der Waals surface area contributed by atoms with Crippen LogP contribution in [0.3, 0.4) is 0 Å². The van der Waals surface area contributed by atoms with Crippen molar-refractivity contribution in [3.05, 3.63) is 17.6 Å². The maximum atomic E-state index is 5.78. The van der Waals surface area contributed by atoms with Crippen LogP contribution in [-0.4, -0.2) is 61.3 Å². The summed E-state index contributed by atoms with van der Waals surface area (Å²) in [7, 11) is 4.14. The van der Waals surface area contributed by atoms with E-state index in [4.69, 9.17) is 4.74 Å². The van der Waals surface area contributed by atoms with Crippen LogP contribution in [0, 0.1) is 13.8 Å². The van der Waals surface area contributed by atoms with Crippen LogP contribution in [-0.2, 0) is 4.74 Å². The van der Waals surface area contributed by atoms with E-state index >= 15 is 0 Å². The molecule has 18 heavy (non-hydrogen) atoms. The van der Waals surface area contributed by atoms with Crippen molar-refractivity contribution in [1.82, 2.24) is 14.9 Å². The standard InChI is InChI=1S/C13H22N4O/c1-10-11(2)14-9-15-13(10)17-5-6-18-12(8-17)7-16(3)4/h9,12H,5-8H2,1-4H3/t12-/m1/s1. The molecule has 1 aromatic rings. The largest absolute Gasteiger partial charge is 0.373 e. The highest BCUT2D eigenvalue weighted by molar-refractivity contribution is 5.47. The molecule has 0 spiro atoms. The molecule has 1 aliphatic heterocycles. The predicted octanol–water partition coefficient (Wildman–Crippen LogP) is 0.860. The minimum atomic E-state index is 0.253. The molecule has 1 saturated heterocycles. The first kappa shape index (κ1) is 13.2. The van der Waals surface area contributed by atoms with Crippen LogP contribution in [0.5, 0.6) is 0 Å². The zero-order valence-electron chi connectivity index (χ0n) is 11.7. The molecule has 2 rings (SSSR count). The van der Waals surface area contributed by atoms with Crippen molar-refractivity contribution < 1.29 is 4.74 Å². The van der Waals surface area contributed by atoms with Crippen molar-refractivity contribution in [3.8, 4) is 0 Å². The molecule has 1 atom stereocenters. The number of aromatic nitrogens is 2. The Morgan fingerprint density at radius 2 is 2.17 bits per heavy atom. The zero-order valence-corrected chi connectivity index (χ0v) is 11.7. The number of hydrogen-bond acceptors (Lipinski definition) is 5. The summed E-state index contributed by atoms with van der Waals surface area (Å²) < 4.78 is 5.78. The van der Waals surface area contributed by atoms with Gasteiger partial charge in [0.2, 0.25) is 0 Å². The number of aryl methyl sites for hydroxylation is 1. The van der Waals surface area contributed by atoms with Crippen LogP contribution in [0.25, 0.3) is 0 Å². The molecule has 5 nitrogen and oxygen atoms in total. The summed E-state index contributed by atoms with van der Waals surface area (Å²) in [5.74, 6) is 1.05. The van der Waals surface area contributed by atoms with Crippen LogP contribution in [0.4, 0.5) is 5.82 Å². The topological polar surface area (TPSA) is 41.5 Å². The Morgan fingerprint density at radius 3 is 2.89 bits per heavy atom. The lowest BCUT2D eigenvalue weighted by molar-refractivity contribution is 0.0245. The normalized spacial score (nSPS) is 20.5. The molecule has 1 fully saturated rings. The van der Waals surface area contributed by atoms with Crippen LogP contribution in [0.15, 0.2) is 6.33 Å². The van der Waals surface area contributed by atoms with Gasteiger partial charge in [0.15, 0.2) is 0 Å². The average Bonchev–Trinajstić information content (AvgIpc) is 2.32. The average molecular weight is 250 g/mol. The van der Waals surface area contributed by atoms with E-state index in [0.717, 1.165) is 37.8 Å². The Hall–Kier alpha value is -1.20.